The lowest BCUT2D eigenvalue weighted by atomic mass is 9.70. The third-order valence-electron chi connectivity index (χ3n) is 13.1. The molecule has 3 atom stereocenters. The Balaban J connectivity index is 0.775. The number of imide groups is 1. The smallest absolute Gasteiger partial charge is 0.255 e. The van der Waals surface area contributed by atoms with E-state index in [1.807, 2.05) is 24.3 Å². The summed E-state index contributed by atoms with van der Waals surface area (Å²) < 4.78 is 0. The number of phenolic OH excluding ortho intramolecular Hbond substituents is 1. The minimum absolute atomic E-state index is 0.121. The molecule has 0 radical (unpaired) electrons. The highest BCUT2D eigenvalue weighted by atomic mass is 16.3. The summed E-state index contributed by atoms with van der Waals surface area (Å²) in [6.45, 7) is 7.66. The van der Waals surface area contributed by atoms with Crippen LogP contribution < -0.4 is 15.1 Å². The number of nitrogens with one attached hydrogen (secondary N) is 1. The van der Waals surface area contributed by atoms with Crippen molar-refractivity contribution in [3.63, 3.8) is 0 Å². The van der Waals surface area contributed by atoms with E-state index in [1.165, 1.54) is 40.8 Å². The van der Waals surface area contributed by atoms with E-state index in [-0.39, 0.29) is 24.1 Å². The first kappa shape index (κ1) is 35.5. The molecule has 0 bridgehead atoms. The van der Waals surface area contributed by atoms with E-state index in [4.69, 9.17) is 0 Å². The Bertz CT molecular complexity index is 2050. The van der Waals surface area contributed by atoms with Crippen molar-refractivity contribution in [1.82, 2.24) is 15.1 Å². The molecule has 2 N–H and O–H groups in total. The number of anilines is 2. The Morgan fingerprint density at radius 1 is 0.691 bits per heavy atom. The average molecular weight is 738 g/mol. The number of carbonyl (C=O) groups excluding carboxylic acids is 3. The van der Waals surface area contributed by atoms with Crippen LogP contribution in [-0.4, -0.2) is 84.5 Å². The lowest BCUT2D eigenvalue weighted by molar-refractivity contribution is -0.136. The summed E-state index contributed by atoms with van der Waals surface area (Å²) in [5, 5.41) is 12.6. The van der Waals surface area contributed by atoms with Crippen LogP contribution in [0, 0.1) is 11.8 Å². The zero-order valence-electron chi connectivity index (χ0n) is 31.5. The standard InChI is InChI=1S/C46H51N5O4/c52-39-13-15-40-34(28-39)6-7-35(26-31-4-2-1-3-5-31)44(40)33-8-10-37(11-9-33)49-20-18-32(19-21-49)29-48-22-24-50(25-23-48)38-12-14-41-36(27-38)30-51(46(41)55)42-16-17-43(53)47-45(42)54/h1-5,8-15,27-28,32,35,42,44,52H,6-7,16-26,29-30H2,(H,47,53,54)/t35-,42?,44+/m0/s1. The normalized spacial score (nSPS) is 23.5. The average Bonchev–Trinajstić information content (AvgIpc) is 3.53. The van der Waals surface area contributed by atoms with E-state index in [9.17, 15) is 19.5 Å². The number of aromatic hydroxyl groups is 1. The summed E-state index contributed by atoms with van der Waals surface area (Å²) in [6, 6.07) is 31.7. The minimum atomic E-state index is -0.585. The molecule has 0 saturated carbocycles. The van der Waals surface area contributed by atoms with Crippen molar-refractivity contribution in [1.29, 1.82) is 0 Å². The maximum Gasteiger partial charge on any atom is 0.255 e. The number of hydrogen-bond acceptors (Lipinski definition) is 7. The van der Waals surface area contributed by atoms with Gasteiger partial charge in [-0.1, -0.05) is 48.5 Å². The maximum absolute atomic E-state index is 13.2. The molecule has 284 valence electrons. The monoisotopic (exact) mass is 737 g/mol. The van der Waals surface area contributed by atoms with Gasteiger partial charge in [0.2, 0.25) is 11.8 Å². The van der Waals surface area contributed by atoms with Crippen LogP contribution in [0.25, 0.3) is 0 Å². The van der Waals surface area contributed by atoms with Crippen LogP contribution in [0.1, 0.15) is 76.2 Å². The zero-order valence-corrected chi connectivity index (χ0v) is 31.5. The number of nitrogens with zero attached hydrogens (tertiary/aromatic N) is 4. The van der Waals surface area contributed by atoms with E-state index in [1.54, 1.807) is 4.90 Å². The number of aryl methyl sites for hydroxylation is 1. The van der Waals surface area contributed by atoms with Crippen LogP contribution in [0.3, 0.4) is 0 Å². The first-order chi connectivity index (χ1) is 26.9. The van der Waals surface area contributed by atoms with Gasteiger partial charge in [-0.2, -0.15) is 0 Å². The van der Waals surface area contributed by atoms with Gasteiger partial charge >= 0.3 is 0 Å². The van der Waals surface area contributed by atoms with Crippen LogP contribution in [0.15, 0.2) is 91.0 Å². The molecule has 0 spiro atoms. The summed E-state index contributed by atoms with van der Waals surface area (Å²) >= 11 is 0. The van der Waals surface area contributed by atoms with E-state index >= 15 is 0 Å². The van der Waals surface area contributed by atoms with Gasteiger partial charge in [-0.15, -0.1) is 0 Å². The number of benzene rings is 4. The summed E-state index contributed by atoms with van der Waals surface area (Å²) in [6.07, 6.45) is 6.22. The van der Waals surface area contributed by atoms with E-state index < -0.39 is 6.04 Å². The zero-order chi connectivity index (χ0) is 37.5. The molecule has 1 aliphatic carbocycles. The highest BCUT2D eigenvalue weighted by Crippen LogP contribution is 2.44. The fourth-order valence-corrected chi connectivity index (χ4v) is 10.0. The van der Waals surface area contributed by atoms with Gasteiger partial charge in [-0.3, -0.25) is 24.6 Å². The molecule has 9 nitrogen and oxygen atoms in total. The van der Waals surface area contributed by atoms with Crippen LogP contribution in [0.4, 0.5) is 11.4 Å². The minimum Gasteiger partial charge on any atom is -0.508 e. The number of piperidine rings is 2. The molecule has 4 aliphatic heterocycles. The highest BCUT2D eigenvalue weighted by molar-refractivity contribution is 6.05. The number of phenols is 1. The number of hydrogen-bond donors (Lipinski definition) is 2. The molecule has 3 saturated heterocycles. The second-order valence-corrected chi connectivity index (χ2v) is 16.4. The summed E-state index contributed by atoms with van der Waals surface area (Å²) in [5.41, 5.74) is 9.48. The van der Waals surface area contributed by atoms with Crippen molar-refractivity contribution in [3.8, 4) is 5.75 Å². The quantitative estimate of drug-likeness (QED) is 0.210. The van der Waals surface area contributed by atoms with Crippen LogP contribution >= 0.6 is 0 Å². The molecule has 4 aromatic carbocycles. The van der Waals surface area contributed by atoms with Crippen LogP contribution in [-0.2, 0) is 29.0 Å². The second kappa shape index (κ2) is 15.2. The van der Waals surface area contributed by atoms with Crippen molar-refractivity contribution in [3.05, 3.63) is 124 Å². The lowest BCUT2D eigenvalue weighted by Gasteiger charge is -2.40. The van der Waals surface area contributed by atoms with Crippen molar-refractivity contribution in [2.75, 3.05) is 55.6 Å². The third kappa shape index (κ3) is 7.34. The van der Waals surface area contributed by atoms with Gasteiger partial charge in [-0.25, -0.2) is 0 Å². The first-order valence-corrected chi connectivity index (χ1v) is 20.3. The summed E-state index contributed by atoms with van der Waals surface area (Å²) in [4.78, 5) is 46.5. The molecule has 9 rings (SSSR count). The molecule has 3 amide bonds. The fraction of sp³-hybridized carbons (Fsp3) is 0.413. The molecule has 4 heterocycles. The van der Waals surface area contributed by atoms with Crippen molar-refractivity contribution >= 4 is 29.1 Å². The molecule has 55 heavy (non-hydrogen) atoms. The Labute approximate surface area is 323 Å². The molecule has 9 heteroatoms. The van der Waals surface area contributed by atoms with Gasteiger partial charge < -0.3 is 19.8 Å². The van der Waals surface area contributed by atoms with Gasteiger partial charge in [0, 0.05) is 81.6 Å². The van der Waals surface area contributed by atoms with Crippen molar-refractivity contribution < 1.29 is 19.5 Å². The van der Waals surface area contributed by atoms with Crippen molar-refractivity contribution in [2.45, 2.75) is 63.5 Å². The number of carbonyl (C=O) groups is 3. The summed E-state index contributed by atoms with van der Waals surface area (Å²) in [7, 11) is 0. The van der Waals surface area contributed by atoms with Gasteiger partial charge in [-0.05, 0) is 121 Å². The van der Waals surface area contributed by atoms with E-state index in [0.29, 0.717) is 42.0 Å². The Morgan fingerprint density at radius 3 is 2.20 bits per heavy atom. The van der Waals surface area contributed by atoms with Crippen molar-refractivity contribution in [2.24, 2.45) is 11.8 Å². The third-order valence-corrected chi connectivity index (χ3v) is 13.1. The number of rotatable bonds is 8. The Morgan fingerprint density at radius 2 is 1.44 bits per heavy atom. The second-order valence-electron chi connectivity index (χ2n) is 16.4. The predicted octanol–water partition coefficient (Wildman–Crippen LogP) is 6.13. The van der Waals surface area contributed by atoms with E-state index in [2.05, 4.69) is 86.7 Å². The number of amides is 3. The Hall–Kier alpha value is -5.15. The maximum atomic E-state index is 13.2. The van der Waals surface area contributed by atoms with Crippen LogP contribution in [0.5, 0.6) is 5.75 Å². The fourth-order valence-electron chi connectivity index (χ4n) is 10.0. The highest BCUT2D eigenvalue weighted by Gasteiger charge is 2.39. The molecule has 0 aromatic heterocycles. The molecule has 1 unspecified atom stereocenters. The first-order valence-electron chi connectivity index (χ1n) is 20.3. The van der Waals surface area contributed by atoms with Gasteiger partial charge in [0.05, 0.1) is 0 Å². The Kier molecular flexibility index (Phi) is 9.81. The number of fused-ring (bicyclic) bond motifs is 2. The molecule has 4 aromatic rings. The van der Waals surface area contributed by atoms with E-state index in [0.717, 1.165) is 76.3 Å². The lowest BCUT2D eigenvalue weighted by Crippen LogP contribution is -2.52. The molecule has 3 fully saturated rings. The van der Waals surface area contributed by atoms with Gasteiger partial charge in [0.25, 0.3) is 5.91 Å². The predicted molar refractivity (Wildman–Crippen MR) is 214 cm³/mol. The van der Waals surface area contributed by atoms with Gasteiger partial charge in [0.15, 0.2) is 0 Å². The molecular weight excluding hydrogens is 687 g/mol. The topological polar surface area (TPSA) is 96.4 Å². The molecular formula is C46H51N5O4. The van der Waals surface area contributed by atoms with Gasteiger partial charge in [0.1, 0.15) is 11.8 Å². The van der Waals surface area contributed by atoms with Crippen LogP contribution in [0.2, 0.25) is 0 Å². The molecule has 5 aliphatic rings. The number of piperazine rings is 1. The largest absolute Gasteiger partial charge is 0.508 e. The SMILES string of the molecule is O=C1CCC(N2Cc3cc(N4CCN(CC5CCN(c6ccc([C@H]7c8ccc(O)cc8CC[C@H]7Cc7ccccc7)cc6)CC5)CC4)ccc3C2=O)C(=O)N1. The summed E-state index contributed by atoms with van der Waals surface area (Å²) in [5.74, 6) is 1.12.